The first-order chi connectivity index (χ1) is 10.3. The van der Waals surface area contributed by atoms with Crippen molar-refractivity contribution in [2.75, 3.05) is 18.5 Å². The summed E-state index contributed by atoms with van der Waals surface area (Å²) in [5.74, 6) is 0.463. The molecule has 0 saturated heterocycles. The lowest BCUT2D eigenvalue weighted by atomic mass is 10.2. The molecule has 0 aliphatic heterocycles. The fourth-order valence-electron chi connectivity index (χ4n) is 1.72. The smallest absolute Gasteiger partial charge is 0.248 e. The molecule has 0 atom stereocenters. The summed E-state index contributed by atoms with van der Waals surface area (Å²) < 4.78 is 5.24. The molecule has 0 aliphatic carbocycles. The summed E-state index contributed by atoms with van der Waals surface area (Å²) in [5, 5.41) is 11.4. The molecule has 0 saturated carbocycles. The number of aliphatic hydroxyl groups is 1. The number of aliphatic hydroxyl groups excluding tert-OH is 1. The van der Waals surface area contributed by atoms with Gasteiger partial charge in [-0.1, -0.05) is 30.3 Å². The first kappa shape index (κ1) is 14.8. The number of benzene rings is 2. The van der Waals surface area contributed by atoms with Gasteiger partial charge < -0.3 is 15.2 Å². The summed E-state index contributed by atoms with van der Waals surface area (Å²) in [5.41, 5.74) is 1.66. The zero-order valence-electron chi connectivity index (χ0n) is 11.5. The van der Waals surface area contributed by atoms with Crippen molar-refractivity contribution in [3.05, 3.63) is 66.2 Å². The molecule has 0 bridgehead atoms. The normalized spacial score (nSPS) is 10.5. The molecule has 2 rings (SSSR count). The summed E-state index contributed by atoms with van der Waals surface area (Å²) in [6.45, 7) is 0.230. The molecule has 0 unspecified atom stereocenters. The van der Waals surface area contributed by atoms with Gasteiger partial charge in [0.1, 0.15) is 12.4 Å². The van der Waals surface area contributed by atoms with Crippen molar-refractivity contribution in [3.8, 4) is 5.75 Å². The summed E-state index contributed by atoms with van der Waals surface area (Å²) in [7, 11) is 0. The number of ether oxygens (including phenoxy) is 1. The Bertz CT molecular complexity index is 591. The third-order valence-corrected chi connectivity index (χ3v) is 2.71. The molecule has 0 spiro atoms. The van der Waals surface area contributed by atoms with Gasteiger partial charge in [0.15, 0.2) is 0 Å². The third kappa shape index (κ3) is 5.12. The number of rotatable bonds is 6. The summed E-state index contributed by atoms with van der Waals surface area (Å²) in [6, 6.07) is 16.6. The van der Waals surface area contributed by atoms with Gasteiger partial charge in [-0.25, -0.2) is 0 Å². The minimum atomic E-state index is -0.192. The second-order valence-corrected chi connectivity index (χ2v) is 4.33. The molecule has 2 N–H and O–H groups in total. The molecule has 2 aromatic rings. The largest absolute Gasteiger partial charge is 0.491 e. The molecule has 4 heteroatoms. The fraction of sp³-hybridized carbons (Fsp3) is 0.118. The lowest BCUT2D eigenvalue weighted by molar-refractivity contribution is -0.111. The predicted octanol–water partition coefficient (Wildman–Crippen LogP) is 2.71. The minimum absolute atomic E-state index is 0.0250. The van der Waals surface area contributed by atoms with Crippen molar-refractivity contribution < 1.29 is 14.6 Å². The molecule has 2 aromatic carbocycles. The van der Waals surface area contributed by atoms with Gasteiger partial charge >= 0.3 is 0 Å². The quantitative estimate of drug-likeness (QED) is 0.801. The SMILES string of the molecule is O=C(/C=C/c1ccccc1)Nc1ccc(OCCO)cc1. The Hall–Kier alpha value is -2.59. The summed E-state index contributed by atoms with van der Waals surface area (Å²) in [6.07, 6.45) is 3.25. The van der Waals surface area contributed by atoms with E-state index in [1.807, 2.05) is 30.3 Å². The molecule has 1 amide bonds. The Labute approximate surface area is 123 Å². The van der Waals surface area contributed by atoms with Gasteiger partial charge in [-0.15, -0.1) is 0 Å². The number of carbonyl (C=O) groups excluding carboxylic acids is 1. The van der Waals surface area contributed by atoms with E-state index in [9.17, 15) is 4.79 Å². The molecule has 0 aromatic heterocycles. The highest BCUT2D eigenvalue weighted by Crippen LogP contribution is 2.15. The van der Waals surface area contributed by atoms with E-state index in [0.717, 1.165) is 5.56 Å². The second-order valence-electron chi connectivity index (χ2n) is 4.33. The van der Waals surface area contributed by atoms with Crippen LogP contribution in [0.4, 0.5) is 5.69 Å². The lowest BCUT2D eigenvalue weighted by Crippen LogP contribution is -2.07. The number of amides is 1. The van der Waals surface area contributed by atoms with Gasteiger partial charge in [0.25, 0.3) is 0 Å². The summed E-state index contributed by atoms with van der Waals surface area (Å²) in [4.78, 5) is 11.8. The van der Waals surface area contributed by atoms with Crippen molar-refractivity contribution in [1.29, 1.82) is 0 Å². The van der Waals surface area contributed by atoms with Crippen molar-refractivity contribution in [1.82, 2.24) is 0 Å². The van der Waals surface area contributed by atoms with Gasteiger partial charge in [0.2, 0.25) is 5.91 Å². The van der Waals surface area contributed by atoms with E-state index in [-0.39, 0.29) is 19.1 Å². The topological polar surface area (TPSA) is 58.6 Å². The Morgan fingerprint density at radius 2 is 1.81 bits per heavy atom. The average molecular weight is 283 g/mol. The Morgan fingerprint density at radius 3 is 2.48 bits per heavy atom. The standard InChI is InChI=1S/C17H17NO3/c19-12-13-21-16-9-7-15(8-10-16)18-17(20)11-6-14-4-2-1-3-5-14/h1-11,19H,12-13H2,(H,18,20)/b11-6+. The minimum Gasteiger partial charge on any atom is -0.491 e. The van der Waals surface area contributed by atoms with Crippen LogP contribution in [0, 0.1) is 0 Å². The zero-order valence-corrected chi connectivity index (χ0v) is 11.5. The van der Waals surface area contributed by atoms with Gasteiger partial charge in [-0.3, -0.25) is 4.79 Å². The van der Waals surface area contributed by atoms with Crippen molar-refractivity contribution in [3.63, 3.8) is 0 Å². The van der Waals surface area contributed by atoms with Crippen molar-refractivity contribution in [2.24, 2.45) is 0 Å². The van der Waals surface area contributed by atoms with E-state index in [0.29, 0.717) is 11.4 Å². The van der Waals surface area contributed by atoms with Crippen molar-refractivity contribution >= 4 is 17.7 Å². The third-order valence-electron chi connectivity index (χ3n) is 2.71. The maximum Gasteiger partial charge on any atom is 0.248 e. The molecule has 4 nitrogen and oxygen atoms in total. The van der Waals surface area contributed by atoms with Gasteiger partial charge in [-0.05, 0) is 35.9 Å². The average Bonchev–Trinajstić information content (AvgIpc) is 2.53. The van der Waals surface area contributed by atoms with Crippen LogP contribution in [-0.2, 0) is 4.79 Å². The molecule has 0 radical (unpaired) electrons. The van der Waals surface area contributed by atoms with Crippen LogP contribution in [0.15, 0.2) is 60.7 Å². The van der Waals surface area contributed by atoms with Crippen LogP contribution in [0.3, 0.4) is 0 Å². The monoisotopic (exact) mass is 283 g/mol. The fourth-order valence-corrected chi connectivity index (χ4v) is 1.72. The molecule has 0 fully saturated rings. The van der Waals surface area contributed by atoms with E-state index in [1.54, 1.807) is 30.3 Å². The molecule has 0 aliphatic rings. The molecular formula is C17H17NO3. The Kier molecular flexibility index (Phi) is 5.55. The maximum absolute atomic E-state index is 11.8. The predicted molar refractivity (Wildman–Crippen MR) is 83.1 cm³/mol. The van der Waals surface area contributed by atoms with Crippen LogP contribution in [0.2, 0.25) is 0 Å². The van der Waals surface area contributed by atoms with E-state index in [1.165, 1.54) is 6.08 Å². The highest BCUT2D eigenvalue weighted by Gasteiger charge is 1.99. The zero-order chi connectivity index (χ0) is 14.9. The van der Waals surface area contributed by atoms with Gasteiger partial charge in [-0.2, -0.15) is 0 Å². The number of anilines is 1. The van der Waals surface area contributed by atoms with Crippen LogP contribution in [0.5, 0.6) is 5.75 Å². The van der Waals surface area contributed by atoms with Crippen LogP contribution < -0.4 is 10.1 Å². The lowest BCUT2D eigenvalue weighted by Gasteiger charge is -2.06. The summed E-state index contributed by atoms with van der Waals surface area (Å²) >= 11 is 0. The highest BCUT2D eigenvalue weighted by atomic mass is 16.5. The van der Waals surface area contributed by atoms with E-state index >= 15 is 0 Å². The molecule has 0 heterocycles. The molecule has 21 heavy (non-hydrogen) atoms. The first-order valence-corrected chi connectivity index (χ1v) is 6.66. The Balaban J connectivity index is 1.89. The number of hydrogen-bond acceptors (Lipinski definition) is 3. The highest BCUT2D eigenvalue weighted by molar-refractivity contribution is 6.01. The molecule has 108 valence electrons. The molecular weight excluding hydrogens is 266 g/mol. The van der Waals surface area contributed by atoms with E-state index < -0.39 is 0 Å². The van der Waals surface area contributed by atoms with Crippen LogP contribution in [0.1, 0.15) is 5.56 Å². The van der Waals surface area contributed by atoms with Crippen LogP contribution in [-0.4, -0.2) is 24.2 Å². The van der Waals surface area contributed by atoms with E-state index in [2.05, 4.69) is 5.32 Å². The number of hydrogen-bond donors (Lipinski definition) is 2. The van der Waals surface area contributed by atoms with Gasteiger partial charge in [0, 0.05) is 11.8 Å². The van der Waals surface area contributed by atoms with E-state index in [4.69, 9.17) is 9.84 Å². The maximum atomic E-state index is 11.8. The van der Waals surface area contributed by atoms with Crippen molar-refractivity contribution in [2.45, 2.75) is 0 Å². The Morgan fingerprint density at radius 1 is 1.10 bits per heavy atom. The number of carbonyl (C=O) groups is 1. The van der Waals surface area contributed by atoms with Crippen LogP contribution in [0.25, 0.3) is 6.08 Å². The van der Waals surface area contributed by atoms with Crippen LogP contribution >= 0.6 is 0 Å². The van der Waals surface area contributed by atoms with Gasteiger partial charge in [0.05, 0.1) is 6.61 Å². The number of nitrogens with one attached hydrogen (secondary N) is 1. The second kappa shape index (κ2) is 7.87. The first-order valence-electron chi connectivity index (χ1n) is 6.66.